The summed E-state index contributed by atoms with van der Waals surface area (Å²) >= 11 is 12.4. The zero-order valence-electron chi connectivity index (χ0n) is 8.88. The second kappa shape index (κ2) is 6.18. The topological polar surface area (TPSA) is 29.1 Å². The molecule has 16 heavy (non-hydrogen) atoms. The van der Waals surface area contributed by atoms with Gasteiger partial charge in [-0.15, -0.1) is 11.8 Å². The van der Waals surface area contributed by atoms with Crippen molar-refractivity contribution >= 4 is 46.6 Å². The molecule has 1 N–H and O–H groups in total. The van der Waals surface area contributed by atoms with E-state index in [4.69, 9.17) is 23.2 Å². The van der Waals surface area contributed by atoms with Gasteiger partial charge in [-0.3, -0.25) is 4.79 Å². The van der Waals surface area contributed by atoms with Crippen LogP contribution in [-0.2, 0) is 4.79 Å². The summed E-state index contributed by atoms with van der Waals surface area (Å²) in [7, 11) is 0. The Kier molecular flexibility index (Phi) is 5.19. The molecule has 0 aliphatic heterocycles. The molecule has 0 bridgehead atoms. The van der Waals surface area contributed by atoms with Crippen LogP contribution >= 0.6 is 35.0 Å². The third kappa shape index (κ3) is 3.74. The molecule has 2 nitrogen and oxygen atoms in total. The summed E-state index contributed by atoms with van der Waals surface area (Å²) in [4.78, 5) is 12.0. The molecule has 5 heteroatoms. The monoisotopic (exact) mass is 275 g/mol. The van der Waals surface area contributed by atoms with Crippen molar-refractivity contribution in [3.8, 4) is 0 Å². The standard InChI is InChI=1S/C11H11Cl2NOS/c1-7-3-5-8(6-4-7)14-11(15)9(16-2)10(12)13/h3-6H,1-2H3,(H,14,15). The van der Waals surface area contributed by atoms with Crippen molar-refractivity contribution < 1.29 is 4.79 Å². The predicted octanol–water partition coefficient (Wildman–Crippen LogP) is 3.94. The second-order valence-electron chi connectivity index (χ2n) is 3.11. The highest BCUT2D eigenvalue weighted by molar-refractivity contribution is 8.03. The van der Waals surface area contributed by atoms with Crippen LogP contribution in [0.4, 0.5) is 5.69 Å². The van der Waals surface area contributed by atoms with Crippen LogP contribution in [0, 0.1) is 6.92 Å². The lowest BCUT2D eigenvalue weighted by atomic mass is 10.2. The van der Waals surface area contributed by atoms with Crippen LogP contribution in [0.25, 0.3) is 0 Å². The van der Waals surface area contributed by atoms with E-state index >= 15 is 0 Å². The van der Waals surface area contributed by atoms with Gasteiger partial charge < -0.3 is 5.32 Å². The van der Waals surface area contributed by atoms with Gasteiger partial charge in [-0.25, -0.2) is 0 Å². The van der Waals surface area contributed by atoms with Gasteiger partial charge >= 0.3 is 0 Å². The van der Waals surface area contributed by atoms with Crippen molar-refractivity contribution in [2.45, 2.75) is 6.92 Å². The molecule has 0 aliphatic carbocycles. The third-order valence-corrected chi connectivity index (χ3v) is 3.29. The van der Waals surface area contributed by atoms with E-state index in [9.17, 15) is 4.79 Å². The number of thioether (sulfide) groups is 1. The minimum absolute atomic E-state index is 0.0166. The summed E-state index contributed by atoms with van der Waals surface area (Å²) in [5, 5.41) is 2.71. The minimum atomic E-state index is -0.295. The van der Waals surface area contributed by atoms with Crippen LogP contribution in [-0.4, -0.2) is 12.2 Å². The van der Waals surface area contributed by atoms with Crippen molar-refractivity contribution in [1.82, 2.24) is 0 Å². The first-order valence-corrected chi connectivity index (χ1v) is 6.50. The Morgan fingerprint density at radius 3 is 2.25 bits per heavy atom. The lowest BCUT2D eigenvalue weighted by Crippen LogP contribution is -2.12. The maximum Gasteiger partial charge on any atom is 0.264 e. The molecule has 86 valence electrons. The number of amides is 1. The normalized spacial score (nSPS) is 9.75. The Hall–Kier alpha value is -0.640. The Morgan fingerprint density at radius 1 is 1.25 bits per heavy atom. The Morgan fingerprint density at radius 2 is 1.81 bits per heavy atom. The van der Waals surface area contributed by atoms with Gasteiger partial charge in [0.2, 0.25) is 0 Å². The van der Waals surface area contributed by atoms with Crippen LogP contribution in [0.2, 0.25) is 0 Å². The number of carbonyl (C=O) groups excluding carboxylic acids is 1. The van der Waals surface area contributed by atoms with Crippen LogP contribution in [0.3, 0.4) is 0 Å². The average molecular weight is 276 g/mol. The van der Waals surface area contributed by atoms with Crippen molar-refractivity contribution in [2.24, 2.45) is 0 Å². The van der Waals surface area contributed by atoms with Crippen molar-refractivity contribution in [2.75, 3.05) is 11.6 Å². The fraction of sp³-hybridized carbons (Fsp3) is 0.182. The smallest absolute Gasteiger partial charge is 0.264 e. The van der Waals surface area contributed by atoms with E-state index in [1.807, 2.05) is 31.2 Å². The van der Waals surface area contributed by atoms with Crippen LogP contribution in [0.1, 0.15) is 5.56 Å². The lowest BCUT2D eigenvalue weighted by Gasteiger charge is -2.07. The lowest BCUT2D eigenvalue weighted by molar-refractivity contribution is -0.112. The number of carbonyl (C=O) groups is 1. The fourth-order valence-electron chi connectivity index (χ4n) is 1.08. The number of hydrogen-bond acceptors (Lipinski definition) is 2. The molecule has 0 atom stereocenters. The summed E-state index contributed by atoms with van der Waals surface area (Å²) in [6, 6.07) is 7.49. The van der Waals surface area contributed by atoms with E-state index in [-0.39, 0.29) is 10.4 Å². The maximum absolute atomic E-state index is 11.7. The van der Waals surface area contributed by atoms with E-state index in [2.05, 4.69) is 5.32 Å². The Labute approximate surface area is 109 Å². The Bertz CT molecular complexity index is 410. The number of nitrogens with one attached hydrogen (secondary N) is 1. The second-order valence-corrected chi connectivity index (χ2v) is 4.88. The molecule has 0 spiro atoms. The molecule has 0 heterocycles. The summed E-state index contributed by atoms with van der Waals surface area (Å²) in [6.45, 7) is 1.98. The first-order valence-electron chi connectivity index (χ1n) is 4.52. The largest absolute Gasteiger partial charge is 0.321 e. The number of anilines is 1. The van der Waals surface area contributed by atoms with E-state index < -0.39 is 0 Å². The number of hydrogen-bond donors (Lipinski definition) is 1. The molecule has 1 rings (SSSR count). The van der Waals surface area contributed by atoms with Crippen LogP contribution in [0.15, 0.2) is 33.7 Å². The quantitative estimate of drug-likeness (QED) is 0.847. The molecular formula is C11H11Cl2NOS. The SMILES string of the molecule is CSC(C(=O)Nc1ccc(C)cc1)=C(Cl)Cl. The highest BCUT2D eigenvalue weighted by Gasteiger charge is 2.12. The molecular weight excluding hydrogens is 265 g/mol. The van der Waals surface area contributed by atoms with Crippen molar-refractivity contribution in [1.29, 1.82) is 0 Å². The van der Waals surface area contributed by atoms with Gasteiger partial charge in [0.15, 0.2) is 0 Å². The van der Waals surface area contributed by atoms with E-state index in [0.717, 1.165) is 11.3 Å². The maximum atomic E-state index is 11.7. The fourth-order valence-corrected chi connectivity index (χ4v) is 2.11. The summed E-state index contributed by atoms with van der Waals surface area (Å²) < 4.78 is -0.0166. The van der Waals surface area contributed by atoms with Crippen LogP contribution < -0.4 is 5.32 Å². The minimum Gasteiger partial charge on any atom is -0.321 e. The molecule has 1 aromatic carbocycles. The Balaban J connectivity index is 2.79. The molecule has 0 saturated heterocycles. The summed E-state index contributed by atoms with van der Waals surface area (Å²) in [6.07, 6.45) is 1.74. The highest BCUT2D eigenvalue weighted by atomic mass is 35.5. The molecule has 0 radical (unpaired) electrons. The predicted molar refractivity (Wildman–Crippen MR) is 72.1 cm³/mol. The van der Waals surface area contributed by atoms with Crippen LogP contribution in [0.5, 0.6) is 0 Å². The number of benzene rings is 1. The van der Waals surface area contributed by atoms with E-state index in [1.165, 1.54) is 11.8 Å². The molecule has 1 amide bonds. The van der Waals surface area contributed by atoms with Gasteiger partial charge in [0, 0.05) is 5.69 Å². The first kappa shape index (κ1) is 13.4. The summed E-state index contributed by atoms with van der Waals surface area (Å²) in [5.41, 5.74) is 1.85. The molecule has 0 aromatic heterocycles. The van der Waals surface area contributed by atoms with Crippen molar-refractivity contribution in [3.05, 3.63) is 39.2 Å². The summed E-state index contributed by atoms with van der Waals surface area (Å²) in [5.74, 6) is -0.295. The van der Waals surface area contributed by atoms with E-state index in [1.54, 1.807) is 6.26 Å². The molecule has 0 unspecified atom stereocenters. The van der Waals surface area contributed by atoms with Gasteiger partial charge in [0.25, 0.3) is 5.91 Å². The molecule has 0 saturated carbocycles. The molecule has 0 fully saturated rings. The van der Waals surface area contributed by atoms with E-state index in [0.29, 0.717) is 4.91 Å². The van der Waals surface area contributed by atoms with Crippen molar-refractivity contribution in [3.63, 3.8) is 0 Å². The average Bonchev–Trinajstić information content (AvgIpc) is 2.22. The molecule has 1 aromatic rings. The molecule has 0 aliphatic rings. The van der Waals surface area contributed by atoms with Gasteiger partial charge in [-0.05, 0) is 25.3 Å². The number of rotatable bonds is 3. The van der Waals surface area contributed by atoms with Gasteiger partial charge in [0.05, 0.1) is 0 Å². The van der Waals surface area contributed by atoms with Gasteiger partial charge in [-0.1, -0.05) is 40.9 Å². The zero-order valence-corrected chi connectivity index (χ0v) is 11.2. The number of halogens is 2. The number of aryl methyl sites for hydroxylation is 1. The van der Waals surface area contributed by atoms with Gasteiger partial charge in [-0.2, -0.15) is 0 Å². The highest BCUT2D eigenvalue weighted by Crippen LogP contribution is 2.24. The first-order chi connectivity index (χ1) is 7.54. The third-order valence-electron chi connectivity index (χ3n) is 1.89. The van der Waals surface area contributed by atoms with Gasteiger partial charge in [0.1, 0.15) is 9.40 Å². The zero-order chi connectivity index (χ0) is 12.1.